The monoisotopic (exact) mass is 179 g/mol. The van der Waals surface area contributed by atoms with Crippen molar-refractivity contribution >= 4 is 12.4 Å². The lowest BCUT2D eigenvalue weighted by Crippen LogP contribution is -2.28. The normalized spacial score (nSPS) is 24.8. The second kappa shape index (κ2) is 4.29. The number of hydrogen-bond acceptors (Lipinski definition) is 2. The third-order valence-corrected chi connectivity index (χ3v) is 1.54. The van der Waals surface area contributed by atoms with Gasteiger partial charge in [-0.05, 0) is 33.7 Å². The zero-order chi connectivity index (χ0) is 7.61. The van der Waals surface area contributed by atoms with Gasteiger partial charge in [0.2, 0.25) is 0 Å². The van der Waals surface area contributed by atoms with E-state index < -0.39 is 0 Å². The number of hydrogen-bond donors (Lipinski definition) is 1. The maximum atomic E-state index is 5.74. The van der Waals surface area contributed by atoms with E-state index in [9.17, 15) is 0 Å². The molecule has 0 spiro atoms. The van der Waals surface area contributed by atoms with Gasteiger partial charge in [-0.1, -0.05) is 0 Å². The van der Waals surface area contributed by atoms with Crippen molar-refractivity contribution in [1.29, 1.82) is 0 Å². The van der Waals surface area contributed by atoms with Crippen LogP contribution in [0.5, 0.6) is 0 Å². The first-order valence-corrected chi connectivity index (χ1v) is 3.96. The van der Waals surface area contributed by atoms with E-state index in [0.717, 1.165) is 19.5 Å². The van der Waals surface area contributed by atoms with Crippen LogP contribution in [0.1, 0.15) is 27.2 Å². The second-order valence-corrected chi connectivity index (χ2v) is 3.85. The van der Waals surface area contributed by atoms with E-state index in [1.165, 1.54) is 0 Å². The largest absolute Gasteiger partial charge is 0.371 e. The first-order chi connectivity index (χ1) is 4.58. The van der Waals surface area contributed by atoms with E-state index in [1.807, 2.05) is 0 Å². The van der Waals surface area contributed by atoms with Gasteiger partial charge in [-0.15, -0.1) is 12.4 Å². The van der Waals surface area contributed by atoms with E-state index >= 15 is 0 Å². The average Bonchev–Trinajstić information content (AvgIpc) is 2.12. The minimum Gasteiger partial charge on any atom is -0.371 e. The molecule has 1 rings (SSSR count). The van der Waals surface area contributed by atoms with Crippen LogP contribution in [-0.2, 0) is 4.74 Å². The van der Waals surface area contributed by atoms with Crippen molar-refractivity contribution in [3.05, 3.63) is 0 Å². The molecular weight excluding hydrogens is 162 g/mol. The quantitative estimate of drug-likeness (QED) is 0.660. The highest BCUT2D eigenvalue weighted by molar-refractivity contribution is 5.85. The third-order valence-electron chi connectivity index (χ3n) is 1.54. The van der Waals surface area contributed by atoms with Gasteiger partial charge in [0.25, 0.3) is 0 Å². The molecule has 11 heavy (non-hydrogen) atoms. The molecule has 0 aromatic carbocycles. The van der Waals surface area contributed by atoms with Crippen LogP contribution in [0.15, 0.2) is 0 Å². The maximum Gasteiger partial charge on any atom is 0.0718 e. The van der Waals surface area contributed by atoms with Crippen molar-refractivity contribution in [2.45, 2.75) is 38.9 Å². The lowest BCUT2D eigenvalue weighted by Gasteiger charge is -2.23. The van der Waals surface area contributed by atoms with Gasteiger partial charge in [-0.25, -0.2) is 0 Å². The van der Waals surface area contributed by atoms with E-state index in [2.05, 4.69) is 26.1 Å². The van der Waals surface area contributed by atoms with Gasteiger partial charge in [0.15, 0.2) is 0 Å². The molecule has 1 atom stereocenters. The molecule has 1 saturated heterocycles. The van der Waals surface area contributed by atoms with Crippen LogP contribution in [-0.4, -0.2) is 24.8 Å². The van der Waals surface area contributed by atoms with Crippen molar-refractivity contribution in [3.63, 3.8) is 0 Å². The van der Waals surface area contributed by atoms with Crippen LogP contribution in [0, 0.1) is 0 Å². The maximum absolute atomic E-state index is 5.74. The highest BCUT2D eigenvalue weighted by atomic mass is 35.5. The zero-order valence-corrected chi connectivity index (χ0v) is 8.33. The van der Waals surface area contributed by atoms with Gasteiger partial charge in [-0.2, -0.15) is 0 Å². The van der Waals surface area contributed by atoms with E-state index in [4.69, 9.17) is 4.74 Å². The molecule has 0 aromatic heterocycles. The summed E-state index contributed by atoms with van der Waals surface area (Å²) in [4.78, 5) is 0. The van der Waals surface area contributed by atoms with Crippen molar-refractivity contribution in [1.82, 2.24) is 5.32 Å². The summed E-state index contributed by atoms with van der Waals surface area (Å²) in [6.07, 6.45) is 1.61. The minimum absolute atomic E-state index is 0. The molecule has 1 heterocycles. The molecule has 0 aromatic rings. The van der Waals surface area contributed by atoms with Crippen molar-refractivity contribution < 1.29 is 4.74 Å². The molecule has 0 aliphatic carbocycles. The van der Waals surface area contributed by atoms with Gasteiger partial charge in [0, 0.05) is 6.54 Å². The predicted octanol–water partition coefficient (Wildman–Crippen LogP) is 1.59. The van der Waals surface area contributed by atoms with Gasteiger partial charge in [0.05, 0.1) is 11.7 Å². The zero-order valence-electron chi connectivity index (χ0n) is 7.52. The second-order valence-electron chi connectivity index (χ2n) is 3.85. The van der Waals surface area contributed by atoms with Crippen LogP contribution in [0.2, 0.25) is 0 Å². The molecule has 0 amide bonds. The van der Waals surface area contributed by atoms with Crippen molar-refractivity contribution in [2.75, 3.05) is 13.1 Å². The summed E-state index contributed by atoms with van der Waals surface area (Å²) in [5.74, 6) is 0. The summed E-state index contributed by atoms with van der Waals surface area (Å²) in [5.41, 5.74) is 0.0245. The first kappa shape index (κ1) is 11.2. The summed E-state index contributed by atoms with van der Waals surface area (Å²) >= 11 is 0. The smallest absolute Gasteiger partial charge is 0.0718 e. The molecule has 0 saturated carbocycles. The summed E-state index contributed by atoms with van der Waals surface area (Å²) in [5, 5.41) is 3.27. The molecule has 0 radical (unpaired) electrons. The Kier molecular flexibility index (Phi) is 4.37. The molecule has 1 aliphatic rings. The molecule has 1 fully saturated rings. The fourth-order valence-corrected chi connectivity index (χ4v) is 1.23. The summed E-state index contributed by atoms with van der Waals surface area (Å²) in [6.45, 7) is 8.44. The van der Waals surface area contributed by atoms with Crippen LogP contribution < -0.4 is 5.32 Å². The highest BCUT2D eigenvalue weighted by Crippen LogP contribution is 2.14. The molecule has 1 aliphatic heterocycles. The van der Waals surface area contributed by atoms with Crippen LogP contribution >= 0.6 is 12.4 Å². The minimum atomic E-state index is 0. The predicted molar refractivity (Wildman–Crippen MR) is 49.4 cm³/mol. The van der Waals surface area contributed by atoms with Gasteiger partial charge in [-0.3, -0.25) is 0 Å². The van der Waals surface area contributed by atoms with Crippen LogP contribution in [0.3, 0.4) is 0 Å². The Morgan fingerprint density at radius 3 is 2.36 bits per heavy atom. The molecule has 2 nitrogen and oxygen atoms in total. The Morgan fingerprint density at radius 2 is 2.00 bits per heavy atom. The lowest BCUT2D eigenvalue weighted by atomic mass is 10.2. The van der Waals surface area contributed by atoms with Gasteiger partial charge < -0.3 is 10.1 Å². The lowest BCUT2D eigenvalue weighted by molar-refractivity contribution is -0.0499. The molecule has 3 heteroatoms. The van der Waals surface area contributed by atoms with Crippen molar-refractivity contribution in [3.8, 4) is 0 Å². The van der Waals surface area contributed by atoms with E-state index in [-0.39, 0.29) is 18.0 Å². The summed E-state index contributed by atoms with van der Waals surface area (Å²) in [7, 11) is 0. The topological polar surface area (TPSA) is 21.3 Å². The fourth-order valence-electron chi connectivity index (χ4n) is 1.23. The summed E-state index contributed by atoms with van der Waals surface area (Å²) in [6, 6.07) is 0. The first-order valence-electron chi connectivity index (χ1n) is 3.96. The van der Waals surface area contributed by atoms with Crippen molar-refractivity contribution in [2.24, 2.45) is 0 Å². The number of rotatable bonds is 1. The Labute approximate surface area is 75.1 Å². The SMILES string of the molecule is CC(C)(C)O[C@@H]1CCNC1.Cl. The van der Waals surface area contributed by atoms with Gasteiger partial charge in [0.1, 0.15) is 0 Å². The molecule has 1 N–H and O–H groups in total. The molecule has 0 bridgehead atoms. The molecule has 68 valence electrons. The standard InChI is InChI=1S/C8H17NO.ClH/c1-8(2,3)10-7-4-5-9-6-7;/h7,9H,4-6H2,1-3H3;1H/t7-;/m1./s1. The Hall–Kier alpha value is 0.210. The average molecular weight is 180 g/mol. The van der Waals surface area contributed by atoms with Crippen LogP contribution in [0.4, 0.5) is 0 Å². The highest BCUT2D eigenvalue weighted by Gasteiger charge is 2.21. The number of nitrogens with one attached hydrogen (secondary N) is 1. The van der Waals surface area contributed by atoms with Crippen LogP contribution in [0.25, 0.3) is 0 Å². The Morgan fingerprint density at radius 1 is 1.36 bits per heavy atom. The Bertz CT molecular complexity index is 105. The van der Waals surface area contributed by atoms with Gasteiger partial charge >= 0.3 is 0 Å². The Balaban J connectivity index is 0.000001000. The fraction of sp³-hybridized carbons (Fsp3) is 1.00. The van der Waals surface area contributed by atoms with E-state index in [1.54, 1.807) is 0 Å². The third kappa shape index (κ3) is 4.62. The molecule has 0 unspecified atom stereocenters. The van der Waals surface area contributed by atoms with E-state index in [0.29, 0.717) is 6.10 Å². The number of ether oxygens (including phenoxy) is 1. The molecular formula is C8H18ClNO. The number of halogens is 1. The summed E-state index contributed by atoms with van der Waals surface area (Å²) < 4.78 is 5.74.